The van der Waals surface area contributed by atoms with Crippen LogP contribution in [-0.4, -0.2) is 34.3 Å². The maximum absolute atomic E-state index is 12.9. The Morgan fingerprint density at radius 3 is 2.32 bits per heavy atom. The molecule has 1 aliphatic rings. The van der Waals surface area contributed by atoms with Crippen LogP contribution in [0.5, 0.6) is 0 Å². The highest BCUT2D eigenvalue weighted by molar-refractivity contribution is 8.15. The number of benzene rings is 3. The molecule has 0 saturated carbocycles. The van der Waals surface area contributed by atoms with E-state index in [2.05, 4.69) is 5.32 Å². The molecule has 1 fully saturated rings. The van der Waals surface area contributed by atoms with Crippen molar-refractivity contribution in [1.29, 1.82) is 0 Å². The van der Waals surface area contributed by atoms with Crippen LogP contribution in [0.25, 0.3) is 11.1 Å². The van der Waals surface area contributed by atoms with E-state index in [1.54, 1.807) is 11.9 Å². The number of imide groups is 1. The molecule has 156 valence electrons. The molecule has 5 nitrogen and oxygen atoms in total. The summed E-state index contributed by atoms with van der Waals surface area (Å²) >= 11 is 1.04. The van der Waals surface area contributed by atoms with Crippen LogP contribution in [0.1, 0.15) is 21.5 Å². The highest BCUT2D eigenvalue weighted by Crippen LogP contribution is 2.26. The second-order valence-electron chi connectivity index (χ2n) is 7.51. The largest absolute Gasteiger partial charge is 0.337 e. The summed E-state index contributed by atoms with van der Waals surface area (Å²) in [5, 5.41) is 1.65. The zero-order chi connectivity index (χ0) is 21.8. The fraction of sp³-hybridized carbons (Fsp3) is 0.160. The van der Waals surface area contributed by atoms with Gasteiger partial charge < -0.3 is 4.90 Å². The maximum atomic E-state index is 12.9. The van der Waals surface area contributed by atoms with Gasteiger partial charge in [-0.1, -0.05) is 78.5 Å². The van der Waals surface area contributed by atoms with Crippen molar-refractivity contribution >= 4 is 28.8 Å². The Kier molecular flexibility index (Phi) is 6.18. The first kappa shape index (κ1) is 20.9. The molecule has 4 rings (SSSR count). The molecule has 3 aromatic rings. The summed E-state index contributed by atoms with van der Waals surface area (Å²) in [6.45, 7) is 0.549. The lowest BCUT2D eigenvalue weighted by molar-refractivity contribution is -0.118. The molecule has 0 radical (unpaired) electrons. The molecular formula is C25H22N2O3S. The number of carbonyl (C=O) groups excluding carboxylic acids is 3. The first-order valence-corrected chi connectivity index (χ1v) is 10.9. The van der Waals surface area contributed by atoms with Crippen molar-refractivity contribution in [2.45, 2.75) is 18.2 Å². The van der Waals surface area contributed by atoms with Gasteiger partial charge in [0.1, 0.15) is 0 Å². The third-order valence-corrected chi connectivity index (χ3v) is 6.18. The van der Waals surface area contributed by atoms with Crippen LogP contribution in [-0.2, 0) is 17.8 Å². The van der Waals surface area contributed by atoms with Gasteiger partial charge in [-0.3, -0.25) is 19.7 Å². The number of carbonyl (C=O) groups is 3. The van der Waals surface area contributed by atoms with Crippen molar-refractivity contribution < 1.29 is 14.4 Å². The van der Waals surface area contributed by atoms with Gasteiger partial charge >= 0.3 is 0 Å². The zero-order valence-electron chi connectivity index (χ0n) is 17.1. The van der Waals surface area contributed by atoms with Crippen LogP contribution in [0.2, 0.25) is 0 Å². The molecule has 0 aliphatic carbocycles. The van der Waals surface area contributed by atoms with Gasteiger partial charge in [0.25, 0.3) is 11.1 Å². The SMILES string of the molecule is CN(Cc1ccccc1)C(=O)c1cccc(-c2ccc(CC3SC(=O)NC3=O)cc2)c1. The van der Waals surface area contributed by atoms with E-state index < -0.39 is 0 Å². The predicted molar refractivity (Wildman–Crippen MR) is 123 cm³/mol. The van der Waals surface area contributed by atoms with Crippen LogP contribution in [0.4, 0.5) is 4.79 Å². The fourth-order valence-electron chi connectivity index (χ4n) is 3.56. The van der Waals surface area contributed by atoms with Gasteiger partial charge in [-0.15, -0.1) is 0 Å². The number of rotatable bonds is 6. The van der Waals surface area contributed by atoms with Gasteiger partial charge in [0.15, 0.2) is 0 Å². The second kappa shape index (κ2) is 9.18. The monoisotopic (exact) mass is 430 g/mol. The van der Waals surface area contributed by atoms with Gasteiger partial charge in [0.2, 0.25) is 5.91 Å². The number of nitrogens with one attached hydrogen (secondary N) is 1. The standard InChI is InChI=1S/C25H22N2O3S/c1-27(16-18-6-3-2-4-7-18)24(29)21-9-5-8-20(15-21)19-12-10-17(11-13-19)14-22-23(28)26-25(30)31-22/h2-13,15,22H,14,16H2,1H3,(H,26,28,30). The van der Waals surface area contributed by atoms with Crippen molar-refractivity contribution in [2.24, 2.45) is 0 Å². The lowest BCUT2D eigenvalue weighted by Crippen LogP contribution is -2.26. The molecule has 31 heavy (non-hydrogen) atoms. The summed E-state index contributed by atoms with van der Waals surface area (Å²) in [6.07, 6.45) is 0.505. The molecule has 0 bridgehead atoms. The third-order valence-electron chi connectivity index (χ3n) is 5.19. The smallest absolute Gasteiger partial charge is 0.286 e. The summed E-state index contributed by atoms with van der Waals surface area (Å²) in [6, 6.07) is 25.4. The van der Waals surface area contributed by atoms with E-state index in [9.17, 15) is 14.4 Å². The average molecular weight is 431 g/mol. The van der Waals surface area contributed by atoms with Crippen LogP contribution < -0.4 is 5.32 Å². The minimum absolute atomic E-state index is 0.0312. The maximum Gasteiger partial charge on any atom is 0.286 e. The van der Waals surface area contributed by atoms with Crippen LogP contribution >= 0.6 is 11.8 Å². The number of nitrogens with zero attached hydrogens (tertiary/aromatic N) is 1. The van der Waals surface area contributed by atoms with Crippen molar-refractivity contribution in [3.8, 4) is 11.1 Å². The molecule has 0 spiro atoms. The van der Waals surface area contributed by atoms with Gasteiger partial charge in [-0.25, -0.2) is 0 Å². The molecule has 0 aromatic heterocycles. The van der Waals surface area contributed by atoms with E-state index in [-0.39, 0.29) is 22.3 Å². The zero-order valence-corrected chi connectivity index (χ0v) is 17.9. The van der Waals surface area contributed by atoms with Crippen LogP contribution in [0.3, 0.4) is 0 Å². The predicted octanol–water partition coefficient (Wildman–Crippen LogP) is 4.52. The number of hydrogen-bond acceptors (Lipinski definition) is 4. The van der Waals surface area contributed by atoms with Crippen LogP contribution in [0.15, 0.2) is 78.9 Å². The summed E-state index contributed by atoms with van der Waals surface area (Å²) in [5.41, 5.74) is 4.65. The molecule has 3 amide bonds. The van der Waals surface area contributed by atoms with Gasteiger partial charge in [0.05, 0.1) is 5.25 Å². The number of hydrogen-bond donors (Lipinski definition) is 1. The van der Waals surface area contributed by atoms with Gasteiger partial charge in [-0.05, 0) is 40.8 Å². The topological polar surface area (TPSA) is 66.5 Å². The van der Waals surface area contributed by atoms with E-state index >= 15 is 0 Å². The molecule has 1 atom stereocenters. The normalized spacial score (nSPS) is 15.6. The molecular weight excluding hydrogens is 408 g/mol. The summed E-state index contributed by atoms with van der Waals surface area (Å²) < 4.78 is 0. The molecule has 1 heterocycles. The Balaban J connectivity index is 1.45. The minimum Gasteiger partial charge on any atom is -0.337 e. The Hall–Kier alpha value is -3.38. The lowest BCUT2D eigenvalue weighted by Gasteiger charge is -2.18. The Bertz CT molecular complexity index is 1110. The third kappa shape index (κ3) is 5.03. The summed E-state index contributed by atoms with van der Waals surface area (Å²) in [5.74, 6) is -0.263. The van der Waals surface area contributed by atoms with E-state index in [1.807, 2.05) is 78.9 Å². The Labute approximate surface area is 185 Å². The van der Waals surface area contributed by atoms with E-state index in [4.69, 9.17) is 0 Å². The van der Waals surface area contributed by atoms with Gasteiger partial charge in [0, 0.05) is 19.2 Å². The molecule has 3 aromatic carbocycles. The molecule has 1 N–H and O–H groups in total. The highest BCUT2D eigenvalue weighted by atomic mass is 32.2. The summed E-state index contributed by atoms with van der Waals surface area (Å²) in [7, 11) is 1.80. The average Bonchev–Trinajstić information content (AvgIpc) is 3.11. The molecule has 6 heteroatoms. The van der Waals surface area contributed by atoms with E-state index in [0.29, 0.717) is 18.5 Å². The molecule has 1 unspecified atom stereocenters. The first-order valence-electron chi connectivity index (χ1n) is 10.00. The van der Waals surface area contributed by atoms with E-state index in [1.165, 1.54) is 0 Å². The second-order valence-corrected chi connectivity index (χ2v) is 8.69. The Morgan fingerprint density at radius 1 is 0.903 bits per heavy atom. The minimum atomic E-state index is -0.376. The van der Waals surface area contributed by atoms with Crippen molar-refractivity contribution in [1.82, 2.24) is 10.2 Å². The number of thioether (sulfide) groups is 1. The first-order chi connectivity index (χ1) is 15.0. The lowest BCUT2D eigenvalue weighted by atomic mass is 10.00. The fourth-order valence-corrected chi connectivity index (χ4v) is 4.42. The highest BCUT2D eigenvalue weighted by Gasteiger charge is 2.31. The van der Waals surface area contributed by atoms with E-state index in [0.717, 1.165) is 34.0 Å². The molecule has 1 saturated heterocycles. The number of amides is 3. The van der Waals surface area contributed by atoms with Crippen molar-refractivity contribution in [3.05, 3.63) is 95.6 Å². The quantitative estimate of drug-likeness (QED) is 0.624. The molecule has 1 aliphatic heterocycles. The Morgan fingerprint density at radius 2 is 1.65 bits per heavy atom. The van der Waals surface area contributed by atoms with Crippen molar-refractivity contribution in [3.63, 3.8) is 0 Å². The van der Waals surface area contributed by atoms with Gasteiger partial charge in [-0.2, -0.15) is 0 Å². The van der Waals surface area contributed by atoms with Crippen molar-refractivity contribution in [2.75, 3.05) is 7.05 Å². The van der Waals surface area contributed by atoms with Crippen LogP contribution in [0, 0.1) is 0 Å². The summed E-state index contributed by atoms with van der Waals surface area (Å²) in [4.78, 5) is 37.7.